The number of fused-ring (bicyclic) bond motifs is 2. The number of amides is 2. The highest BCUT2D eigenvalue weighted by atomic mass is 16.6. The van der Waals surface area contributed by atoms with E-state index in [4.69, 9.17) is 15.2 Å². The number of hydrogen-bond acceptors (Lipinski definition) is 6. The molecule has 8 nitrogen and oxygen atoms in total. The van der Waals surface area contributed by atoms with Crippen LogP contribution in [-0.2, 0) is 31.3 Å². The van der Waals surface area contributed by atoms with E-state index in [-0.39, 0.29) is 18.5 Å². The van der Waals surface area contributed by atoms with E-state index < -0.39 is 23.1 Å². The third-order valence-corrected chi connectivity index (χ3v) is 6.39. The molecule has 1 saturated heterocycles. The van der Waals surface area contributed by atoms with Gasteiger partial charge < -0.3 is 25.4 Å². The number of carbonyl (C=O) groups excluding carboxylic acids is 3. The Morgan fingerprint density at radius 3 is 2.44 bits per heavy atom. The first-order valence-corrected chi connectivity index (χ1v) is 11.5. The van der Waals surface area contributed by atoms with Crippen molar-refractivity contribution in [2.24, 2.45) is 5.73 Å². The molecule has 2 heterocycles. The van der Waals surface area contributed by atoms with E-state index in [1.54, 1.807) is 24.8 Å². The molecule has 1 spiro atoms. The van der Waals surface area contributed by atoms with Gasteiger partial charge in [0, 0.05) is 31.5 Å². The highest BCUT2D eigenvalue weighted by Crippen LogP contribution is 2.44. The number of esters is 1. The molecule has 34 heavy (non-hydrogen) atoms. The topological polar surface area (TPSA) is 111 Å². The van der Waals surface area contributed by atoms with Crippen molar-refractivity contribution in [3.63, 3.8) is 0 Å². The third-order valence-electron chi connectivity index (χ3n) is 6.39. The summed E-state index contributed by atoms with van der Waals surface area (Å²) in [6.07, 6.45) is 0.991. The highest BCUT2D eigenvalue weighted by Gasteiger charge is 2.48. The lowest BCUT2D eigenvalue weighted by Crippen LogP contribution is -2.59. The molecule has 0 aromatic heterocycles. The molecule has 0 aliphatic carbocycles. The van der Waals surface area contributed by atoms with Gasteiger partial charge in [0.05, 0.1) is 24.3 Å². The molecule has 2 aliphatic heterocycles. The summed E-state index contributed by atoms with van der Waals surface area (Å²) < 4.78 is 11.6. The molecule has 1 atom stereocenters. The number of ether oxygens (including phenoxy) is 2. The summed E-state index contributed by atoms with van der Waals surface area (Å²) in [5, 5.41) is 2.76. The molecule has 2 aromatic rings. The maximum atomic E-state index is 13.4. The first-order valence-electron chi connectivity index (χ1n) is 11.5. The number of carbonyl (C=O) groups is 3. The van der Waals surface area contributed by atoms with Crippen molar-refractivity contribution >= 4 is 17.8 Å². The van der Waals surface area contributed by atoms with Crippen molar-refractivity contribution in [3.05, 3.63) is 71.3 Å². The van der Waals surface area contributed by atoms with E-state index >= 15 is 0 Å². The number of hydrogen-bond donors (Lipinski definition) is 2. The Morgan fingerprint density at radius 2 is 1.76 bits per heavy atom. The summed E-state index contributed by atoms with van der Waals surface area (Å²) in [6.45, 7) is 4.32. The Bertz CT molecular complexity index is 1060. The summed E-state index contributed by atoms with van der Waals surface area (Å²) in [6, 6.07) is 16.1. The van der Waals surface area contributed by atoms with Crippen molar-refractivity contribution < 1.29 is 23.9 Å². The Morgan fingerprint density at radius 1 is 1.12 bits per heavy atom. The van der Waals surface area contributed by atoms with E-state index in [0.717, 1.165) is 11.1 Å². The molecule has 2 amide bonds. The number of nitrogens with zero attached hydrogens (tertiary/aromatic N) is 1. The molecule has 0 unspecified atom stereocenters. The molecule has 180 valence electrons. The summed E-state index contributed by atoms with van der Waals surface area (Å²) in [5.74, 6) is -0.987. The Hall–Kier alpha value is -3.23. The van der Waals surface area contributed by atoms with Gasteiger partial charge in [-0.05, 0) is 25.5 Å². The average molecular weight is 466 g/mol. The second kappa shape index (κ2) is 9.56. The van der Waals surface area contributed by atoms with E-state index in [9.17, 15) is 14.4 Å². The molecule has 3 N–H and O–H groups in total. The van der Waals surface area contributed by atoms with Crippen LogP contribution in [0.2, 0.25) is 0 Å². The van der Waals surface area contributed by atoms with Crippen LogP contribution >= 0.6 is 0 Å². The monoisotopic (exact) mass is 465 g/mol. The van der Waals surface area contributed by atoms with Gasteiger partial charge in [0.1, 0.15) is 11.6 Å². The van der Waals surface area contributed by atoms with Crippen LogP contribution in [-0.4, -0.2) is 54.0 Å². The molecular formula is C26H31N3O5. The SMILES string of the molecule is CC(C)(N)C(=O)N[C@H](COCc1ccccc1)C(=O)N1CCC2(CC1)OC(=O)c1ccccc12. The summed E-state index contributed by atoms with van der Waals surface area (Å²) in [7, 11) is 0. The maximum absolute atomic E-state index is 13.4. The van der Waals surface area contributed by atoms with Crippen LogP contribution in [0.5, 0.6) is 0 Å². The first-order chi connectivity index (χ1) is 16.2. The average Bonchev–Trinajstić information content (AvgIpc) is 3.10. The van der Waals surface area contributed by atoms with Crippen molar-refractivity contribution in [1.82, 2.24) is 10.2 Å². The first kappa shape index (κ1) is 23.9. The highest BCUT2D eigenvalue weighted by molar-refractivity contribution is 5.95. The van der Waals surface area contributed by atoms with Crippen LogP contribution in [0.1, 0.15) is 48.2 Å². The Balaban J connectivity index is 1.42. The summed E-state index contributed by atoms with van der Waals surface area (Å²) >= 11 is 0. The number of nitrogens with one attached hydrogen (secondary N) is 1. The predicted octanol–water partition coefficient (Wildman–Crippen LogP) is 2.11. The van der Waals surface area contributed by atoms with Gasteiger partial charge in [-0.2, -0.15) is 0 Å². The number of rotatable bonds is 7. The maximum Gasteiger partial charge on any atom is 0.339 e. The lowest BCUT2D eigenvalue weighted by Gasteiger charge is -2.40. The fourth-order valence-corrected chi connectivity index (χ4v) is 4.41. The van der Waals surface area contributed by atoms with E-state index in [1.165, 1.54) is 0 Å². The van der Waals surface area contributed by atoms with Gasteiger partial charge in [0.25, 0.3) is 0 Å². The van der Waals surface area contributed by atoms with Gasteiger partial charge in [-0.25, -0.2) is 4.79 Å². The van der Waals surface area contributed by atoms with Crippen LogP contribution in [0, 0.1) is 0 Å². The van der Waals surface area contributed by atoms with Gasteiger partial charge in [-0.3, -0.25) is 9.59 Å². The third kappa shape index (κ3) is 4.98. The fourth-order valence-electron chi connectivity index (χ4n) is 4.41. The minimum atomic E-state index is -1.13. The molecule has 2 aliphatic rings. The Kier molecular flexibility index (Phi) is 6.72. The van der Waals surface area contributed by atoms with Crippen LogP contribution < -0.4 is 11.1 Å². The standard InChI is InChI=1S/C26H31N3O5/c1-25(2,27)24(32)28-21(17-33-16-18-8-4-3-5-9-18)22(30)29-14-12-26(13-15-29)20-11-7-6-10-19(20)23(31)34-26/h3-11,21H,12-17,27H2,1-2H3,(H,28,32)/t21-/m1/s1. The molecular weight excluding hydrogens is 434 g/mol. The summed E-state index contributed by atoms with van der Waals surface area (Å²) in [5.41, 5.74) is 6.55. The van der Waals surface area contributed by atoms with E-state index in [2.05, 4.69) is 5.32 Å². The van der Waals surface area contributed by atoms with Crippen LogP contribution in [0.4, 0.5) is 0 Å². The van der Waals surface area contributed by atoms with Crippen molar-refractivity contribution in [1.29, 1.82) is 0 Å². The molecule has 4 rings (SSSR count). The van der Waals surface area contributed by atoms with Gasteiger partial charge in [0.2, 0.25) is 11.8 Å². The number of nitrogens with two attached hydrogens (primary N) is 1. The zero-order valence-electron chi connectivity index (χ0n) is 19.6. The Labute approximate surface area is 199 Å². The van der Waals surface area contributed by atoms with E-state index in [0.29, 0.717) is 38.1 Å². The molecule has 0 bridgehead atoms. The van der Waals surface area contributed by atoms with Crippen LogP contribution in [0.15, 0.2) is 54.6 Å². The number of likely N-dealkylation sites (tertiary alicyclic amines) is 1. The van der Waals surface area contributed by atoms with Crippen LogP contribution in [0.25, 0.3) is 0 Å². The smallest absolute Gasteiger partial charge is 0.339 e. The molecule has 0 radical (unpaired) electrons. The molecule has 8 heteroatoms. The zero-order chi connectivity index (χ0) is 24.3. The fraction of sp³-hybridized carbons (Fsp3) is 0.423. The molecule has 0 saturated carbocycles. The van der Waals surface area contributed by atoms with Gasteiger partial charge in [-0.15, -0.1) is 0 Å². The van der Waals surface area contributed by atoms with Gasteiger partial charge in [0.15, 0.2) is 0 Å². The van der Waals surface area contributed by atoms with Gasteiger partial charge >= 0.3 is 5.97 Å². The minimum absolute atomic E-state index is 0.0228. The second-order valence-electron chi connectivity index (χ2n) is 9.50. The van der Waals surface area contributed by atoms with E-state index in [1.807, 2.05) is 48.5 Å². The number of piperidine rings is 1. The van der Waals surface area contributed by atoms with Crippen LogP contribution in [0.3, 0.4) is 0 Å². The van der Waals surface area contributed by atoms with Crippen molar-refractivity contribution in [2.75, 3.05) is 19.7 Å². The summed E-state index contributed by atoms with van der Waals surface area (Å²) in [4.78, 5) is 40.0. The van der Waals surface area contributed by atoms with Crippen molar-refractivity contribution in [2.45, 2.75) is 50.5 Å². The molecule has 1 fully saturated rings. The lowest BCUT2D eigenvalue weighted by atomic mass is 9.83. The number of benzene rings is 2. The quantitative estimate of drug-likeness (QED) is 0.606. The zero-order valence-corrected chi connectivity index (χ0v) is 19.6. The lowest BCUT2D eigenvalue weighted by molar-refractivity contribution is -0.143. The second-order valence-corrected chi connectivity index (χ2v) is 9.50. The van der Waals surface area contributed by atoms with Gasteiger partial charge in [-0.1, -0.05) is 48.5 Å². The minimum Gasteiger partial charge on any atom is -0.450 e. The predicted molar refractivity (Wildman–Crippen MR) is 126 cm³/mol. The normalized spacial score (nSPS) is 17.7. The largest absolute Gasteiger partial charge is 0.450 e. The van der Waals surface area contributed by atoms with Crippen molar-refractivity contribution in [3.8, 4) is 0 Å². The molecule has 2 aromatic carbocycles.